The maximum Gasteiger partial charge on any atom is 0.0580 e. The lowest BCUT2D eigenvalue weighted by atomic mass is 9.51. The van der Waals surface area contributed by atoms with Gasteiger partial charge in [0.1, 0.15) is 0 Å². The molecule has 1 nitrogen and oxygen atoms in total. The van der Waals surface area contributed by atoms with Crippen molar-refractivity contribution in [1.29, 1.82) is 0 Å². The topological polar surface area (TPSA) is 20.2 Å². The molecule has 4 aliphatic carbocycles. The first-order valence-electron chi connectivity index (χ1n) is 12.4. The van der Waals surface area contributed by atoms with E-state index in [1.165, 1.54) is 44.9 Å². The van der Waals surface area contributed by atoms with E-state index < -0.39 is 0 Å². The molecule has 1 N–H and O–H groups in total. The maximum atomic E-state index is 10.2. The van der Waals surface area contributed by atoms with E-state index in [1.807, 2.05) is 5.57 Å². The standard InChI is InChI=1S/C27H44O/c1-17(2)7-6-8-19(4)25-11-12-26-24-16-23(21(24)13-14-27(25,26)5)22-15-20(28)10-9-18(22)3/h16-17,19-21,23,25-26,28H,6-15H2,1-5H3/t19-,20+,21-,23-,25-,26+,27-/m1/s1. The molecule has 0 heterocycles. The van der Waals surface area contributed by atoms with Gasteiger partial charge in [0.2, 0.25) is 0 Å². The molecule has 0 aromatic heterocycles. The van der Waals surface area contributed by atoms with Crippen LogP contribution in [0.2, 0.25) is 0 Å². The van der Waals surface area contributed by atoms with Gasteiger partial charge >= 0.3 is 0 Å². The van der Waals surface area contributed by atoms with E-state index >= 15 is 0 Å². The average molecular weight is 385 g/mol. The Morgan fingerprint density at radius 3 is 2.64 bits per heavy atom. The second-order valence-electron chi connectivity index (χ2n) is 11.6. The average Bonchev–Trinajstić information content (AvgIpc) is 2.94. The van der Waals surface area contributed by atoms with Gasteiger partial charge in [-0.2, -0.15) is 0 Å². The molecule has 1 heteroatoms. The van der Waals surface area contributed by atoms with E-state index in [4.69, 9.17) is 0 Å². The fraction of sp³-hybridized carbons (Fsp3) is 0.852. The SMILES string of the molecule is CC1=C([C@@H]2C=C3[C@@H]2CC[C@]2(C)[C@@H]([C@H](C)CCCC(C)C)CC[C@@H]32)C[C@@H](O)CC1. The number of aliphatic hydroxyl groups excluding tert-OH is 1. The number of fused-ring (bicyclic) bond motifs is 3. The van der Waals surface area contributed by atoms with Gasteiger partial charge in [-0.25, -0.2) is 0 Å². The first-order chi connectivity index (χ1) is 13.3. The van der Waals surface area contributed by atoms with Crippen molar-refractivity contribution < 1.29 is 5.11 Å². The van der Waals surface area contributed by atoms with Crippen LogP contribution in [-0.4, -0.2) is 11.2 Å². The molecule has 0 saturated heterocycles. The van der Waals surface area contributed by atoms with Crippen LogP contribution in [0.1, 0.15) is 98.8 Å². The van der Waals surface area contributed by atoms with Crippen LogP contribution < -0.4 is 0 Å². The molecule has 0 aliphatic heterocycles. The highest BCUT2D eigenvalue weighted by Crippen LogP contribution is 2.65. The Kier molecular flexibility index (Phi) is 5.87. The molecule has 0 spiro atoms. The molecule has 0 bridgehead atoms. The zero-order valence-corrected chi connectivity index (χ0v) is 19.1. The summed E-state index contributed by atoms with van der Waals surface area (Å²) in [5.41, 5.74) is 5.57. The maximum absolute atomic E-state index is 10.2. The van der Waals surface area contributed by atoms with Crippen LogP contribution in [0.15, 0.2) is 22.8 Å². The summed E-state index contributed by atoms with van der Waals surface area (Å²) in [6.07, 6.45) is 15.6. The van der Waals surface area contributed by atoms with E-state index in [9.17, 15) is 5.11 Å². The van der Waals surface area contributed by atoms with Crippen molar-refractivity contribution in [2.45, 2.75) is 105 Å². The van der Waals surface area contributed by atoms with Gasteiger partial charge < -0.3 is 5.11 Å². The fourth-order valence-corrected chi connectivity index (χ4v) is 7.72. The number of hydrogen-bond acceptors (Lipinski definition) is 1. The molecule has 0 unspecified atom stereocenters. The number of aliphatic hydroxyl groups is 1. The molecule has 2 fully saturated rings. The third kappa shape index (κ3) is 3.55. The predicted molar refractivity (Wildman–Crippen MR) is 119 cm³/mol. The summed E-state index contributed by atoms with van der Waals surface area (Å²) in [6.45, 7) is 12.2. The minimum atomic E-state index is -0.0902. The third-order valence-electron chi connectivity index (χ3n) is 9.43. The number of rotatable bonds is 6. The summed E-state index contributed by atoms with van der Waals surface area (Å²) in [4.78, 5) is 0. The third-order valence-corrected chi connectivity index (χ3v) is 9.43. The predicted octanol–water partition coefficient (Wildman–Crippen LogP) is 7.31. The Hall–Kier alpha value is -0.560. The van der Waals surface area contributed by atoms with E-state index in [-0.39, 0.29) is 6.10 Å². The molecular weight excluding hydrogens is 340 g/mol. The van der Waals surface area contributed by atoms with Crippen LogP contribution >= 0.6 is 0 Å². The van der Waals surface area contributed by atoms with Crippen molar-refractivity contribution in [1.82, 2.24) is 0 Å². The highest BCUT2D eigenvalue weighted by Gasteiger charge is 2.56. The first-order valence-corrected chi connectivity index (χ1v) is 12.4. The Morgan fingerprint density at radius 1 is 1.11 bits per heavy atom. The van der Waals surface area contributed by atoms with Crippen LogP contribution in [0.5, 0.6) is 0 Å². The summed E-state index contributed by atoms with van der Waals surface area (Å²) in [7, 11) is 0. The van der Waals surface area contributed by atoms with Crippen molar-refractivity contribution in [3.8, 4) is 0 Å². The quantitative estimate of drug-likeness (QED) is 0.476. The summed E-state index contributed by atoms with van der Waals surface area (Å²) in [6, 6.07) is 0. The molecular formula is C27H44O. The van der Waals surface area contributed by atoms with Gasteiger partial charge in [-0.05, 0) is 86.9 Å². The highest BCUT2D eigenvalue weighted by atomic mass is 16.3. The summed E-state index contributed by atoms with van der Waals surface area (Å²) < 4.78 is 0. The summed E-state index contributed by atoms with van der Waals surface area (Å²) in [5, 5.41) is 10.2. The van der Waals surface area contributed by atoms with Gasteiger partial charge in [-0.3, -0.25) is 0 Å². The smallest absolute Gasteiger partial charge is 0.0580 e. The van der Waals surface area contributed by atoms with Crippen LogP contribution in [0.3, 0.4) is 0 Å². The van der Waals surface area contributed by atoms with E-state index in [0.717, 1.165) is 48.9 Å². The molecule has 158 valence electrons. The molecule has 0 aromatic rings. The van der Waals surface area contributed by atoms with Crippen LogP contribution in [0, 0.1) is 40.9 Å². The Balaban J connectivity index is 1.45. The van der Waals surface area contributed by atoms with Crippen molar-refractivity contribution >= 4 is 0 Å². The van der Waals surface area contributed by atoms with Crippen LogP contribution in [0.4, 0.5) is 0 Å². The molecule has 28 heavy (non-hydrogen) atoms. The lowest BCUT2D eigenvalue weighted by Gasteiger charge is -2.53. The van der Waals surface area contributed by atoms with Crippen LogP contribution in [-0.2, 0) is 0 Å². The van der Waals surface area contributed by atoms with Crippen LogP contribution in [0.25, 0.3) is 0 Å². The lowest BCUT2D eigenvalue weighted by Crippen LogP contribution is -2.44. The van der Waals surface area contributed by atoms with Crippen molar-refractivity contribution in [3.05, 3.63) is 22.8 Å². The van der Waals surface area contributed by atoms with Gasteiger partial charge in [0.25, 0.3) is 0 Å². The molecule has 4 aliphatic rings. The van der Waals surface area contributed by atoms with Crippen molar-refractivity contribution in [2.75, 3.05) is 0 Å². The van der Waals surface area contributed by atoms with E-state index in [0.29, 0.717) is 11.3 Å². The van der Waals surface area contributed by atoms with E-state index in [1.54, 1.807) is 11.1 Å². The lowest BCUT2D eigenvalue weighted by molar-refractivity contribution is 0.0617. The number of allylic oxidation sites excluding steroid dienone is 3. The van der Waals surface area contributed by atoms with Gasteiger partial charge in [-0.15, -0.1) is 0 Å². The van der Waals surface area contributed by atoms with E-state index in [2.05, 4.69) is 40.7 Å². The summed E-state index contributed by atoms with van der Waals surface area (Å²) >= 11 is 0. The monoisotopic (exact) mass is 384 g/mol. The second-order valence-corrected chi connectivity index (χ2v) is 11.6. The van der Waals surface area contributed by atoms with Gasteiger partial charge in [-0.1, -0.05) is 69.8 Å². The second kappa shape index (κ2) is 7.93. The molecule has 2 saturated carbocycles. The molecule has 7 atom stereocenters. The van der Waals surface area contributed by atoms with Gasteiger partial charge in [0, 0.05) is 5.92 Å². The van der Waals surface area contributed by atoms with Crippen molar-refractivity contribution in [2.24, 2.45) is 40.9 Å². The molecule has 0 aromatic carbocycles. The normalized spacial score (nSPS) is 41.4. The minimum absolute atomic E-state index is 0.0902. The zero-order chi connectivity index (χ0) is 20.1. The molecule has 0 amide bonds. The summed E-state index contributed by atoms with van der Waals surface area (Å²) in [5.74, 6) is 5.00. The Morgan fingerprint density at radius 2 is 1.89 bits per heavy atom. The zero-order valence-electron chi connectivity index (χ0n) is 19.1. The largest absolute Gasteiger partial charge is 0.393 e. The number of hydrogen-bond donors (Lipinski definition) is 1. The Bertz CT molecular complexity index is 641. The minimum Gasteiger partial charge on any atom is -0.393 e. The fourth-order valence-electron chi connectivity index (χ4n) is 7.72. The van der Waals surface area contributed by atoms with Gasteiger partial charge in [0.05, 0.1) is 6.10 Å². The highest BCUT2D eigenvalue weighted by molar-refractivity contribution is 5.39. The molecule has 0 radical (unpaired) electrons. The molecule has 4 rings (SSSR count). The van der Waals surface area contributed by atoms with Gasteiger partial charge in [0.15, 0.2) is 0 Å². The first kappa shape index (κ1) is 20.7. The van der Waals surface area contributed by atoms with Crippen molar-refractivity contribution in [3.63, 3.8) is 0 Å². The Labute approximate surface area is 174 Å².